The van der Waals surface area contributed by atoms with Gasteiger partial charge in [0, 0.05) is 6.07 Å². The predicted molar refractivity (Wildman–Crippen MR) is 55.2 cm³/mol. The molecule has 1 amide bonds. The molecule has 0 aromatic heterocycles. The van der Waals surface area contributed by atoms with Crippen LogP contribution in [0.3, 0.4) is 0 Å². The van der Waals surface area contributed by atoms with Gasteiger partial charge in [0.15, 0.2) is 0 Å². The van der Waals surface area contributed by atoms with E-state index in [4.69, 9.17) is 10.5 Å². The SMILES string of the molecule is COc1ccc([N+](=O)[O-])c2c1NC(=O)C2N. The van der Waals surface area contributed by atoms with Crippen LogP contribution in [-0.4, -0.2) is 17.9 Å². The van der Waals surface area contributed by atoms with Gasteiger partial charge >= 0.3 is 0 Å². The zero-order valence-electron chi connectivity index (χ0n) is 8.39. The number of amides is 1. The van der Waals surface area contributed by atoms with Crippen LogP contribution < -0.4 is 15.8 Å². The van der Waals surface area contributed by atoms with Gasteiger partial charge in [-0.1, -0.05) is 0 Å². The van der Waals surface area contributed by atoms with Gasteiger partial charge in [0.05, 0.1) is 23.3 Å². The lowest BCUT2D eigenvalue weighted by Gasteiger charge is -2.07. The highest BCUT2D eigenvalue weighted by Crippen LogP contribution is 2.42. The van der Waals surface area contributed by atoms with E-state index in [-0.39, 0.29) is 16.9 Å². The minimum atomic E-state index is -1.02. The van der Waals surface area contributed by atoms with Crippen molar-refractivity contribution in [1.29, 1.82) is 0 Å². The highest BCUT2D eigenvalue weighted by atomic mass is 16.6. The second-order valence-corrected chi connectivity index (χ2v) is 3.30. The van der Waals surface area contributed by atoms with Crippen LogP contribution in [-0.2, 0) is 4.79 Å². The average molecular weight is 223 g/mol. The number of nitrogens with zero attached hydrogens (tertiary/aromatic N) is 1. The summed E-state index contributed by atoms with van der Waals surface area (Å²) in [5.41, 5.74) is 5.86. The number of anilines is 1. The van der Waals surface area contributed by atoms with Crippen molar-refractivity contribution in [2.24, 2.45) is 5.73 Å². The maximum absolute atomic E-state index is 11.4. The van der Waals surface area contributed by atoms with E-state index in [0.717, 1.165) is 0 Å². The molecular formula is C9H9N3O4. The summed E-state index contributed by atoms with van der Waals surface area (Å²) in [6.45, 7) is 0. The fourth-order valence-corrected chi connectivity index (χ4v) is 1.69. The molecule has 84 valence electrons. The third-order valence-electron chi connectivity index (χ3n) is 2.44. The average Bonchev–Trinajstić information content (AvgIpc) is 2.54. The smallest absolute Gasteiger partial charge is 0.277 e. The lowest BCUT2D eigenvalue weighted by atomic mass is 10.1. The largest absolute Gasteiger partial charge is 0.495 e. The number of rotatable bonds is 2. The third-order valence-corrected chi connectivity index (χ3v) is 2.44. The Kier molecular flexibility index (Phi) is 2.24. The number of carbonyl (C=O) groups is 1. The number of methoxy groups -OCH3 is 1. The van der Waals surface area contributed by atoms with Gasteiger partial charge in [-0.3, -0.25) is 14.9 Å². The molecule has 7 nitrogen and oxygen atoms in total. The molecule has 0 bridgehead atoms. The molecule has 0 saturated heterocycles. The Morgan fingerprint density at radius 1 is 1.56 bits per heavy atom. The van der Waals surface area contributed by atoms with E-state index in [9.17, 15) is 14.9 Å². The Morgan fingerprint density at radius 3 is 2.81 bits per heavy atom. The number of hydrogen-bond donors (Lipinski definition) is 2. The predicted octanol–water partition coefficient (Wildman–Crippen LogP) is 0.555. The lowest BCUT2D eigenvalue weighted by Crippen LogP contribution is -2.20. The van der Waals surface area contributed by atoms with E-state index in [2.05, 4.69) is 5.32 Å². The first-order valence-corrected chi connectivity index (χ1v) is 4.48. The normalized spacial score (nSPS) is 17.9. The molecule has 0 spiro atoms. The topological polar surface area (TPSA) is 107 Å². The summed E-state index contributed by atoms with van der Waals surface area (Å²) in [5.74, 6) is -0.107. The molecule has 1 unspecified atom stereocenters. The van der Waals surface area contributed by atoms with Crippen LogP contribution in [0.25, 0.3) is 0 Å². The van der Waals surface area contributed by atoms with Crippen LogP contribution in [0.4, 0.5) is 11.4 Å². The van der Waals surface area contributed by atoms with Crippen molar-refractivity contribution in [1.82, 2.24) is 0 Å². The number of nitrogens with two attached hydrogens (primary N) is 1. The summed E-state index contributed by atoms with van der Waals surface area (Å²) in [6, 6.07) is 1.68. The van der Waals surface area contributed by atoms with Crippen LogP contribution >= 0.6 is 0 Å². The number of nitro groups is 1. The quantitative estimate of drug-likeness (QED) is 0.562. The molecule has 0 aliphatic carbocycles. The number of ether oxygens (including phenoxy) is 1. The molecule has 1 aliphatic rings. The first-order chi connectivity index (χ1) is 7.56. The molecule has 2 rings (SSSR count). The molecule has 3 N–H and O–H groups in total. The summed E-state index contributed by atoms with van der Waals surface area (Å²) in [7, 11) is 1.41. The van der Waals surface area contributed by atoms with Gasteiger partial charge in [0.25, 0.3) is 5.69 Å². The zero-order chi connectivity index (χ0) is 11.9. The molecule has 0 radical (unpaired) electrons. The number of nitrogens with one attached hydrogen (secondary N) is 1. The van der Waals surface area contributed by atoms with Crippen LogP contribution in [0, 0.1) is 10.1 Å². The van der Waals surface area contributed by atoms with E-state index in [1.807, 2.05) is 0 Å². The standard InChI is InChI=1S/C9H9N3O4/c1-16-5-3-2-4(12(14)15)6-7(10)9(13)11-8(5)6/h2-3,7H,10H2,1H3,(H,11,13). The van der Waals surface area contributed by atoms with Crippen LogP contribution in [0.15, 0.2) is 12.1 Å². The first-order valence-electron chi connectivity index (χ1n) is 4.48. The summed E-state index contributed by atoms with van der Waals surface area (Å²) < 4.78 is 5.00. The Hall–Kier alpha value is -2.15. The van der Waals surface area contributed by atoms with Crippen LogP contribution in [0.2, 0.25) is 0 Å². The summed E-state index contributed by atoms with van der Waals surface area (Å²) >= 11 is 0. The van der Waals surface area contributed by atoms with Crippen LogP contribution in [0.5, 0.6) is 5.75 Å². The van der Waals surface area contributed by atoms with Gasteiger partial charge in [-0.15, -0.1) is 0 Å². The molecule has 0 saturated carbocycles. The van der Waals surface area contributed by atoms with Crippen molar-refractivity contribution in [2.45, 2.75) is 6.04 Å². The van der Waals surface area contributed by atoms with E-state index in [1.54, 1.807) is 0 Å². The van der Waals surface area contributed by atoms with Crippen molar-refractivity contribution in [3.8, 4) is 5.75 Å². The molecular weight excluding hydrogens is 214 g/mol. The van der Waals surface area contributed by atoms with Crippen molar-refractivity contribution in [3.63, 3.8) is 0 Å². The Morgan fingerprint density at radius 2 is 2.25 bits per heavy atom. The van der Waals surface area contributed by atoms with Gasteiger partial charge in [-0.05, 0) is 6.07 Å². The molecule has 7 heteroatoms. The van der Waals surface area contributed by atoms with Crippen molar-refractivity contribution >= 4 is 17.3 Å². The molecule has 1 heterocycles. The maximum atomic E-state index is 11.4. The van der Waals surface area contributed by atoms with Gasteiger partial charge in [-0.2, -0.15) is 0 Å². The van der Waals surface area contributed by atoms with Crippen molar-refractivity contribution in [2.75, 3.05) is 12.4 Å². The number of hydrogen-bond acceptors (Lipinski definition) is 5. The number of benzene rings is 1. The minimum absolute atomic E-state index is 0.175. The molecule has 16 heavy (non-hydrogen) atoms. The van der Waals surface area contributed by atoms with E-state index in [1.165, 1.54) is 19.2 Å². The van der Waals surface area contributed by atoms with Gasteiger partial charge < -0.3 is 15.8 Å². The summed E-state index contributed by atoms with van der Waals surface area (Å²) in [4.78, 5) is 21.6. The first kappa shape index (κ1) is 10.4. The third kappa shape index (κ3) is 1.29. The van der Waals surface area contributed by atoms with E-state index in [0.29, 0.717) is 5.75 Å². The highest BCUT2D eigenvalue weighted by molar-refractivity contribution is 6.05. The molecule has 1 aromatic rings. The van der Waals surface area contributed by atoms with Gasteiger partial charge in [0.1, 0.15) is 11.8 Å². The second-order valence-electron chi connectivity index (χ2n) is 3.30. The molecule has 1 atom stereocenters. The molecule has 0 fully saturated rings. The number of nitro benzene ring substituents is 1. The van der Waals surface area contributed by atoms with Crippen molar-refractivity contribution in [3.05, 3.63) is 27.8 Å². The maximum Gasteiger partial charge on any atom is 0.277 e. The monoisotopic (exact) mass is 223 g/mol. The fourth-order valence-electron chi connectivity index (χ4n) is 1.69. The van der Waals surface area contributed by atoms with Gasteiger partial charge in [-0.25, -0.2) is 0 Å². The van der Waals surface area contributed by atoms with E-state index >= 15 is 0 Å². The minimum Gasteiger partial charge on any atom is -0.495 e. The number of carbonyl (C=O) groups excluding carboxylic acids is 1. The lowest BCUT2D eigenvalue weighted by molar-refractivity contribution is -0.385. The Labute approximate surface area is 90.3 Å². The number of fused-ring (bicyclic) bond motifs is 1. The van der Waals surface area contributed by atoms with Crippen LogP contribution in [0.1, 0.15) is 11.6 Å². The van der Waals surface area contributed by atoms with Gasteiger partial charge in [0.2, 0.25) is 5.91 Å². The Bertz CT molecular complexity index is 486. The molecule has 1 aromatic carbocycles. The van der Waals surface area contributed by atoms with E-state index < -0.39 is 16.9 Å². The summed E-state index contributed by atoms with van der Waals surface area (Å²) in [5, 5.41) is 13.3. The van der Waals surface area contributed by atoms with Crippen molar-refractivity contribution < 1.29 is 14.5 Å². The fraction of sp³-hybridized carbons (Fsp3) is 0.222. The second kappa shape index (κ2) is 3.46. The molecule has 1 aliphatic heterocycles. The Balaban J connectivity index is 2.68. The highest BCUT2D eigenvalue weighted by Gasteiger charge is 2.36. The summed E-state index contributed by atoms with van der Waals surface area (Å²) in [6.07, 6.45) is 0. The zero-order valence-corrected chi connectivity index (χ0v) is 8.39.